The molecule has 1 unspecified atom stereocenters. The molecule has 3 aromatic heterocycles. The van der Waals surface area contributed by atoms with Gasteiger partial charge in [-0.15, -0.1) is 0 Å². The Hall–Kier alpha value is -3.99. The highest BCUT2D eigenvalue weighted by Crippen LogP contribution is 2.32. The summed E-state index contributed by atoms with van der Waals surface area (Å²) in [6.45, 7) is 7.36. The van der Waals surface area contributed by atoms with Gasteiger partial charge in [0.25, 0.3) is 0 Å². The van der Waals surface area contributed by atoms with E-state index in [1.165, 1.54) is 11.1 Å². The Morgan fingerprint density at radius 2 is 1.81 bits per heavy atom. The summed E-state index contributed by atoms with van der Waals surface area (Å²) in [5.41, 5.74) is 16.5. The summed E-state index contributed by atoms with van der Waals surface area (Å²) in [4.78, 5) is 23.3. The van der Waals surface area contributed by atoms with Crippen molar-refractivity contribution in [1.29, 1.82) is 0 Å². The largest absolute Gasteiger partial charge is 0.384 e. The van der Waals surface area contributed by atoms with Gasteiger partial charge in [0.05, 0.1) is 12.2 Å². The van der Waals surface area contributed by atoms with E-state index in [0.717, 1.165) is 37.1 Å². The van der Waals surface area contributed by atoms with Crippen LogP contribution < -0.4 is 26.6 Å². The number of benzene rings is 1. The van der Waals surface area contributed by atoms with Crippen LogP contribution in [0, 0.1) is 0 Å². The minimum absolute atomic E-state index is 0.0672. The van der Waals surface area contributed by atoms with Gasteiger partial charge in [-0.05, 0) is 36.0 Å². The van der Waals surface area contributed by atoms with E-state index >= 15 is 0 Å². The van der Waals surface area contributed by atoms with Gasteiger partial charge in [-0.1, -0.05) is 38.1 Å². The molecule has 0 aliphatic carbocycles. The van der Waals surface area contributed by atoms with Gasteiger partial charge < -0.3 is 26.6 Å². The number of hydrogen-bond acceptors (Lipinski definition) is 10. The van der Waals surface area contributed by atoms with Crippen LogP contribution in [0.25, 0.3) is 5.65 Å². The molecule has 5 N–H and O–H groups in total. The monoisotopic (exact) mass is 499 g/mol. The number of hydrogen-bond donors (Lipinski definition) is 3. The number of anilines is 4. The molecule has 37 heavy (non-hydrogen) atoms. The van der Waals surface area contributed by atoms with Crippen molar-refractivity contribution >= 4 is 29.3 Å². The summed E-state index contributed by atoms with van der Waals surface area (Å²) in [5.74, 6) is 2.73. The molecule has 6 rings (SSSR count). The highest BCUT2D eigenvalue weighted by atomic mass is 15.4. The molecule has 2 aliphatic heterocycles. The zero-order valence-electron chi connectivity index (χ0n) is 21.2. The summed E-state index contributed by atoms with van der Waals surface area (Å²) in [6.07, 6.45) is 5.46. The summed E-state index contributed by atoms with van der Waals surface area (Å²) in [7, 11) is 0. The van der Waals surface area contributed by atoms with E-state index in [-0.39, 0.29) is 18.0 Å². The first-order valence-corrected chi connectivity index (χ1v) is 12.9. The van der Waals surface area contributed by atoms with Gasteiger partial charge in [-0.25, -0.2) is 4.98 Å². The second-order valence-electron chi connectivity index (χ2n) is 10.2. The highest BCUT2D eigenvalue weighted by Gasteiger charge is 2.29. The topological polar surface area (TPSA) is 139 Å². The lowest BCUT2D eigenvalue weighted by atomic mass is 9.95. The van der Waals surface area contributed by atoms with Crippen LogP contribution >= 0.6 is 0 Å². The van der Waals surface area contributed by atoms with Gasteiger partial charge >= 0.3 is 0 Å². The van der Waals surface area contributed by atoms with Crippen LogP contribution in [0.15, 0.2) is 42.7 Å². The van der Waals surface area contributed by atoms with Crippen LogP contribution in [0.1, 0.15) is 55.3 Å². The quantitative estimate of drug-likeness (QED) is 0.375. The van der Waals surface area contributed by atoms with Crippen LogP contribution in [0.3, 0.4) is 0 Å². The second-order valence-corrected chi connectivity index (χ2v) is 10.2. The van der Waals surface area contributed by atoms with Gasteiger partial charge in [0.1, 0.15) is 5.82 Å². The molecular formula is C26H33N11. The number of nitrogens with zero attached hydrogens (tertiary/aromatic N) is 8. The van der Waals surface area contributed by atoms with E-state index in [4.69, 9.17) is 21.4 Å². The van der Waals surface area contributed by atoms with Crippen molar-refractivity contribution in [2.24, 2.45) is 5.73 Å². The van der Waals surface area contributed by atoms with Crippen LogP contribution in [0.5, 0.6) is 0 Å². The molecule has 0 spiro atoms. The zero-order chi connectivity index (χ0) is 25.5. The lowest BCUT2D eigenvalue weighted by molar-refractivity contribution is 0.495. The van der Waals surface area contributed by atoms with Crippen LogP contribution in [-0.2, 0) is 6.54 Å². The van der Waals surface area contributed by atoms with E-state index < -0.39 is 0 Å². The van der Waals surface area contributed by atoms with Crippen LogP contribution in [-0.4, -0.2) is 55.2 Å². The minimum atomic E-state index is -0.0672. The third kappa shape index (κ3) is 4.50. The zero-order valence-corrected chi connectivity index (χ0v) is 21.2. The van der Waals surface area contributed by atoms with E-state index in [2.05, 4.69) is 68.3 Å². The maximum atomic E-state index is 6.17. The first-order valence-electron chi connectivity index (χ1n) is 12.9. The van der Waals surface area contributed by atoms with Crippen molar-refractivity contribution < 1.29 is 0 Å². The molecule has 0 saturated carbocycles. The fraction of sp³-hybridized carbons (Fsp3) is 0.423. The standard InChI is InChI=1S/C26H33N11/c1-16(2)20-13-30-37-23(20)33-25(35-11-8-18(27)9-12-35)34-26(37)31-21-15-36(24-29-10-7-22(28)32-24)14-17-5-3-4-6-19(17)21/h3-7,10,13,16,18,21H,8-9,11-12,14-15,27H2,1-2H3,(H2,28,29,32)(H,31,33,34). The lowest BCUT2D eigenvalue weighted by Crippen LogP contribution is -2.41. The number of rotatable bonds is 5. The average molecular weight is 500 g/mol. The van der Waals surface area contributed by atoms with Gasteiger partial charge in [0.2, 0.25) is 17.8 Å². The molecule has 2 aliphatic rings. The van der Waals surface area contributed by atoms with Crippen LogP contribution in [0.4, 0.5) is 23.7 Å². The van der Waals surface area contributed by atoms with Gasteiger partial charge in [0, 0.05) is 44.0 Å². The number of fused-ring (bicyclic) bond motifs is 2. The Bertz CT molecular complexity index is 1410. The summed E-state index contributed by atoms with van der Waals surface area (Å²) >= 11 is 0. The van der Waals surface area contributed by atoms with Crippen molar-refractivity contribution in [2.45, 2.75) is 51.2 Å². The molecule has 192 valence electrons. The molecule has 1 atom stereocenters. The molecule has 11 heteroatoms. The molecule has 11 nitrogen and oxygen atoms in total. The number of nitrogens with two attached hydrogens (primary N) is 2. The Morgan fingerprint density at radius 1 is 1.00 bits per heavy atom. The molecule has 1 fully saturated rings. The van der Waals surface area contributed by atoms with Gasteiger partial charge in [-0.2, -0.15) is 24.6 Å². The SMILES string of the molecule is CC(C)c1cnn2c(NC3CN(c4nccc(N)n4)Cc4ccccc43)nc(N3CCC(N)CC3)nc12. The van der Waals surface area contributed by atoms with E-state index in [1.807, 2.05) is 10.7 Å². The first-order chi connectivity index (χ1) is 18.0. The third-order valence-corrected chi connectivity index (χ3v) is 7.27. The summed E-state index contributed by atoms with van der Waals surface area (Å²) < 4.78 is 1.83. The van der Waals surface area contributed by atoms with Crippen LogP contribution in [0.2, 0.25) is 0 Å². The molecule has 5 heterocycles. The fourth-order valence-electron chi connectivity index (χ4n) is 5.18. The maximum absolute atomic E-state index is 6.17. The maximum Gasteiger partial charge on any atom is 0.230 e. The third-order valence-electron chi connectivity index (χ3n) is 7.27. The smallest absolute Gasteiger partial charge is 0.230 e. The molecule has 0 radical (unpaired) electrons. The Labute approximate surface area is 215 Å². The van der Waals surface area contributed by atoms with Crippen molar-refractivity contribution in [3.63, 3.8) is 0 Å². The van der Waals surface area contributed by atoms with Gasteiger partial charge in [0.15, 0.2) is 5.65 Å². The van der Waals surface area contributed by atoms with E-state index in [0.29, 0.717) is 36.8 Å². The molecular weight excluding hydrogens is 466 g/mol. The Kier molecular flexibility index (Phi) is 5.99. The molecule has 1 saturated heterocycles. The minimum Gasteiger partial charge on any atom is -0.384 e. The average Bonchev–Trinajstić information content (AvgIpc) is 3.34. The van der Waals surface area contributed by atoms with Crippen molar-refractivity contribution in [2.75, 3.05) is 40.5 Å². The normalized spacial score (nSPS) is 18.4. The number of nitrogens with one attached hydrogen (secondary N) is 1. The predicted molar refractivity (Wildman–Crippen MR) is 145 cm³/mol. The van der Waals surface area contributed by atoms with E-state index in [1.54, 1.807) is 12.3 Å². The van der Waals surface area contributed by atoms with Crippen molar-refractivity contribution in [1.82, 2.24) is 29.5 Å². The fourth-order valence-corrected chi connectivity index (χ4v) is 5.18. The molecule has 0 bridgehead atoms. The summed E-state index contributed by atoms with van der Waals surface area (Å²) in [5, 5.41) is 8.39. The number of aromatic nitrogens is 6. The summed E-state index contributed by atoms with van der Waals surface area (Å²) in [6, 6.07) is 10.3. The highest BCUT2D eigenvalue weighted by molar-refractivity contribution is 5.57. The van der Waals surface area contributed by atoms with Crippen molar-refractivity contribution in [3.05, 3.63) is 59.4 Å². The van der Waals surface area contributed by atoms with Crippen molar-refractivity contribution in [3.8, 4) is 0 Å². The second kappa shape index (κ2) is 9.47. The molecule has 0 amide bonds. The molecule has 4 aromatic rings. The predicted octanol–water partition coefficient (Wildman–Crippen LogP) is 2.72. The lowest BCUT2D eigenvalue weighted by Gasteiger charge is -2.35. The Balaban J connectivity index is 1.40. The first kappa shape index (κ1) is 23.4. The molecule has 1 aromatic carbocycles. The number of nitrogen functional groups attached to an aromatic ring is 1. The number of piperidine rings is 1. The van der Waals surface area contributed by atoms with E-state index in [9.17, 15) is 0 Å². The Morgan fingerprint density at radius 3 is 2.59 bits per heavy atom. The van der Waals surface area contributed by atoms with Gasteiger partial charge in [-0.3, -0.25) is 0 Å².